The average molecular weight is 306 g/mol. The molecule has 23 heavy (non-hydrogen) atoms. The number of likely N-dealkylation sites (tertiary alicyclic amines) is 1. The molecular formula is C19H22N4. The number of nitrogens with zero attached hydrogens (tertiary/aromatic N) is 4. The van der Waals surface area contributed by atoms with Crippen LogP contribution in [0.5, 0.6) is 0 Å². The third kappa shape index (κ3) is 2.75. The standard InChI is InChI=1S/C19H22N4/c1-14(22-11-3-4-12-22)16-5-7-17(8-6-16)18-9-10-19-20-15(2)21-23(19)13-18/h5-10,13-14H,3-4,11-12H2,1-2H3. The van der Waals surface area contributed by atoms with Gasteiger partial charge in [0, 0.05) is 17.8 Å². The van der Waals surface area contributed by atoms with Gasteiger partial charge < -0.3 is 0 Å². The van der Waals surface area contributed by atoms with Crippen LogP contribution in [0.1, 0.15) is 37.2 Å². The van der Waals surface area contributed by atoms with Gasteiger partial charge >= 0.3 is 0 Å². The molecule has 0 aliphatic carbocycles. The molecule has 4 nitrogen and oxygen atoms in total. The Hall–Kier alpha value is -2.20. The Balaban J connectivity index is 1.61. The monoisotopic (exact) mass is 306 g/mol. The molecule has 1 fully saturated rings. The van der Waals surface area contributed by atoms with Crippen LogP contribution in [-0.4, -0.2) is 32.6 Å². The second-order valence-corrected chi connectivity index (χ2v) is 6.42. The van der Waals surface area contributed by atoms with E-state index < -0.39 is 0 Å². The Kier molecular flexibility index (Phi) is 3.62. The van der Waals surface area contributed by atoms with Crippen molar-refractivity contribution in [2.45, 2.75) is 32.7 Å². The van der Waals surface area contributed by atoms with E-state index in [1.54, 1.807) is 0 Å². The predicted molar refractivity (Wildman–Crippen MR) is 92.4 cm³/mol. The van der Waals surface area contributed by atoms with E-state index >= 15 is 0 Å². The Bertz CT molecular complexity index is 813. The summed E-state index contributed by atoms with van der Waals surface area (Å²) in [5.41, 5.74) is 4.68. The van der Waals surface area contributed by atoms with E-state index in [9.17, 15) is 0 Å². The van der Waals surface area contributed by atoms with Gasteiger partial charge in [-0.1, -0.05) is 24.3 Å². The van der Waals surface area contributed by atoms with Crippen molar-refractivity contribution in [3.8, 4) is 11.1 Å². The van der Waals surface area contributed by atoms with Crippen LogP contribution in [0.3, 0.4) is 0 Å². The van der Waals surface area contributed by atoms with E-state index in [0.29, 0.717) is 6.04 Å². The van der Waals surface area contributed by atoms with Crippen LogP contribution in [-0.2, 0) is 0 Å². The molecule has 1 aliphatic rings. The predicted octanol–water partition coefficient (Wildman–Crippen LogP) is 3.86. The van der Waals surface area contributed by atoms with Crippen molar-refractivity contribution in [2.24, 2.45) is 0 Å². The Labute approximate surface area is 136 Å². The SMILES string of the molecule is Cc1nc2ccc(-c3ccc(C(C)N4CCCC4)cc3)cn2n1. The van der Waals surface area contributed by atoms with E-state index in [4.69, 9.17) is 0 Å². The topological polar surface area (TPSA) is 33.4 Å². The van der Waals surface area contributed by atoms with Gasteiger partial charge in [-0.3, -0.25) is 4.90 Å². The maximum Gasteiger partial charge on any atom is 0.155 e. The average Bonchev–Trinajstić information content (AvgIpc) is 3.22. The molecule has 1 atom stereocenters. The molecule has 1 aromatic carbocycles. The van der Waals surface area contributed by atoms with Crippen LogP contribution >= 0.6 is 0 Å². The molecule has 3 aromatic rings. The molecular weight excluding hydrogens is 284 g/mol. The van der Waals surface area contributed by atoms with E-state index in [-0.39, 0.29) is 0 Å². The highest BCUT2D eigenvalue weighted by Gasteiger charge is 2.19. The minimum atomic E-state index is 0.506. The summed E-state index contributed by atoms with van der Waals surface area (Å²) in [6.45, 7) is 6.68. The Morgan fingerprint density at radius 1 is 0.957 bits per heavy atom. The zero-order valence-corrected chi connectivity index (χ0v) is 13.7. The van der Waals surface area contributed by atoms with Gasteiger partial charge in [-0.25, -0.2) is 9.50 Å². The third-order valence-electron chi connectivity index (χ3n) is 4.85. The van der Waals surface area contributed by atoms with Gasteiger partial charge in [0.15, 0.2) is 5.65 Å². The highest BCUT2D eigenvalue weighted by atomic mass is 15.3. The molecule has 0 saturated carbocycles. The van der Waals surface area contributed by atoms with Crippen LogP contribution in [0.25, 0.3) is 16.8 Å². The fourth-order valence-electron chi connectivity index (χ4n) is 3.46. The van der Waals surface area contributed by atoms with Crippen molar-refractivity contribution in [1.82, 2.24) is 19.5 Å². The third-order valence-corrected chi connectivity index (χ3v) is 4.85. The number of benzene rings is 1. The quantitative estimate of drug-likeness (QED) is 0.736. The van der Waals surface area contributed by atoms with Crippen LogP contribution in [0.2, 0.25) is 0 Å². The zero-order chi connectivity index (χ0) is 15.8. The summed E-state index contributed by atoms with van der Waals surface area (Å²) < 4.78 is 1.85. The number of hydrogen-bond acceptors (Lipinski definition) is 3. The summed E-state index contributed by atoms with van der Waals surface area (Å²) in [6.07, 6.45) is 4.72. The van der Waals surface area contributed by atoms with Crippen LogP contribution in [0.15, 0.2) is 42.6 Å². The molecule has 2 aromatic heterocycles. The first-order chi connectivity index (χ1) is 11.2. The maximum absolute atomic E-state index is 4.40. The Morgan fingerprint density at radius 2 is 1.65 bits per heavy atom. The molecule has 4 heteroatoms. The lowest BCUT2D eigenvalue weighted by atomic mass is 10.0. The summed E-state index contributed by atoms with van der Waals surface area (Å²) in [4.78, 5) is 6.94. The second kappa shape index (κ2) is 5.78. The van der Waals surface area contributed by atoms with Crippen molar-refractivity contribution in [3.63, 3.8) is 0 Å². The molecule has 1 aliphatic heterocycles. The highest BCUT2D eigenvalue weighted by Crippen LogP contribution is 2.27. The first kappa shape index (κ1) is 14.4. The van der Waals surface area contributed by atoms with Crippen molar-refractivity contribution in [2.75, 3.05) is 13.1 Å². The van der Waals surface area contributed by atoms with Crippen molar-refractivity contribution in [3.05, 3.63) is 54.0 Å². The van der Waals surface area contributed by atoms with Crippen LogP contribution in [0, 0.1) is 6.92 Å². The Morgan fingerprint density at radius 3 is 2.39 bits per heavy atom. The van der Waals surface area contributed by atoms with Gasteiger partial charge in [0.2, 0.25) is 0 Å². The lowest BCUT2D eigenvalue weighted by molar-refractivity contribution is 0.263. The minimum absolute atomic E-state index is 0.506. The largest absolute Gasteiger partial charge is 0.297 e. The summed E-state index contributed by atoms with van der Waals surface area (Å²) in [6, 6.07) is 13.6. The number of aryl methyl sites for hydroxylation is 1. The van der Waals surface area contributed by atoms with E-state index in [0.717, 1.165) is 11.5 Å². The van der Waals surface area contributed by atoms with Gasteiger partial charge in [0.25, 0.3) is 0 Å². The first-order valence-electron chi connectivity index (χ1n) is 8.38. The zero-order valence-electron chi connectivity index (χ0n) is 13.7. The number of aromatic nitrogens is 3. The molecule has 0 N–H and O–H groups in total. The summed E-state index contributed by atoms with van der Waals surface area (Å²) in [5, 5.41) is 4.40. The first-order valence-corrected chi connectivity index (χ1v) is 8.38. The van der Waals surface area contributed by atoms with Crippen molar-refractivity contribution < 1.29 is 0 Å². The normalized spacial score (nSPS) is 17.0. The number of fused-ring (bicyclic) bond motifs is 1. The van der Waals surface area contributed by atoms with Gasteiger partial charge in [-0.05, 0) is 63.0 Å². The molecule has 118 valence electrons. The minimum Gasteiger partial charge on any atom is -0.297 e. The molecule has 0 bridgehead atoms. The van der Waals surface area contributed by atoms with Crippen LogP contribution < -0.4 is 0 Å². The summed E-state index contributed by atoms with van der Waals surface area (Å²) in [5.74, 6) is 0.803. The molecule has 1 saturated heterocycles. The van der Waals surface area contributed by atoms with Gasteiger partial charge in [-0.2, -0.15) is 5.10 Å². The highest BCUT2D eigenvalue weighted by molar-refractivity contribution is 5.64. The molecule has 0 spiro atoms. The summed E-state index contributed by atoms with van der Waals surface area (Å²) >= 11 is 0. The van der Waals surface area contributed by atoms with Crippen LogP contribution in [0.4, 0.5) is 0 Å². The molecule has 0 amide bonds. The fourth-order valence-corrected chi connectivity index (χ4v) is 3.46. The lowest BCUT2D eigenvalue weighted by Crippen LogP contribution is -2.23. The molecule has 4 rings (SSSR count). The van der Waals surface area contributed by atoms with E-state index in [2.05, 4.69) is 52.2 Å². The summed E-state index contributed by atoms with van der Waals surface area (Å²) in [7, 11) is 0. The number of rotatable bonds is 3. The molecule has 3 heterocycles. The van der Waals surface area contributed by atoms with E-state index in [1.807, 2.05) is 23.7 Å². The van der Waals surface area contributed by atoms with Gasteiger partial charge in [-0.15, -0.1) is 0 Å². The number of hydrogen-bond donors (Lipinski definition) is 0. The fraction of sp³-hybridized carbons (Fsp3) is 0.368. The molecule has 1 unspecified atom stereocenters. The van der Waals surface area contributed by atoms with Crippen molar-refractivity contribution in [1.29, 1.82) is 0 Å². The van der Waals surface area contributed by atoms with Crippen molar-refractivity contribution >= 4 is 5.65 Å². The smallest absolute Gasteiger partial charge is 0.155 e. The maximum atomic E-state index is 4.40. The van der Waals surface area contributed by atoms with Gasteiger partial charge in [0.1, 0.15) is 5.82 Å². The van der Waals surface area contributed by atoms with E-state index in [1.165, 1.54) is 42.6 Å². The molecule has 0 radical (unpaired) electrons. The lowest BCUT2D eigenvalue weighted by Gasteiger charge is -2.24. The number of pyridine rings is 1. The van der Waals surface area contributed by atoms with Gasteiger partial charge in [0.05, 0.1) is 0 Å². The second-order valence-electron chi connectivity index (χ2n) is 6.42.